The van der Waals surface area contributed by atoms with Gasteiger partial charge in [-0.05, 0) is 88.8 Å². The second-order valence-corrected chi connectivity index (χ2v) is 15.7. The van der Waals surface area contributed by atoms with E-state index in [1.807, 2.05) is 18.2 Å². The first-order valence-electron chi connectivity index (χ1n) is 19.8. The smallest absolute Gasteiger partial charge is 0.408 e. The molecule has 2 aliphatic carbocycles. The van der Waals surface area contributed by atoms with Crippen LogP contribution in [0.4, 0.5) is 4.79 Å². The van der Waals surface area contributed by atoms with E-state index in [4.69, 9.17) is 19.2 Å². The summed E-state index contributed by atoms with van der Waals surface area (Å²) in [5, 5.41) is 3.98. The summed E-state index contributed by atoms with van der Waals surface area (Å²) in [5.74, 6) is 1.51. The average molecular weight is 704 g/mol. The number of piperazine rings is 1. The molecular formula is C40H57N5O6. The predicted octanol–water partition coefficient (Wildman–Crippen LogP) is 5.37. The summed E-state index contributed by atoms with van der Waals surface area (Å²) in [6.07, 6.45) is 12.6. The molecule has 11 heteroatoms. The number of pyridine rings is 1. The first kappa shape index (κ1) is 35.9. The largest absolute Gasteiger partial charge is 0.492 e. The minimum Gasteiger partial charge on any atom is -0.492 e. The van der Waals surface area contributed by atoms with E-state index in [0.29, 0.717) is 24.8 Å². The monoisotopic (exact) mass is 703 g/mol. The summed E-state index contributed by atoms with van der Waals surface area (Å²) in [6, 6.07) is 6.73. The van der Waals surface area contributed by atoms with Gasteiger partial charge in [-0.2, -0.15) is 0 Å². The molecule has 11 nitrogen and oxygen atoms in total. The Kier molecular flexibility index (Phi) is 11.9. The van der Waals surface area contributed by atoms with Gasteiger partial charge in [0, 0.05) is 44.5 Å². The van der Waals surface area contributed by atoms with Crippen LogP contribution in [0.5, 0.6) is 11.6 Å². The van der Waals surface area contributed by atoms with Crippen molar-refractivity contribution < 1.29 is 28.6 Å². The quantitative estimate of drug-likeness (QED) is 0.301. The molecule has 5 atom stereocenters. The minimum atomic E-state index is -0.722. The van der Waals surface area contributed by atoms with Crippen LogP contribution in [0.1, 0.15) is 89.0 Å². The van der Waals surface area contributed by atoms with Crippen LogP contribution in [-0.4, -0.2) is 115 Å². The number of likely N-dealkylation sites (N-methyl/N-ethyl adjacent to an activating group) is 1. The number of aldehydes is 1. The second kappa shape index (κ2) is 16.9. The van der Waals surface area contributed by atoms with Crippen molar-refractivity contribution in [2.45, 2.75) is 114 Å². The molecule has 0 radical (unpaired) electrons. The van der Waals surface area contributed by atoms with Crippen molar-refractivity contribution in [2.75, 3.05) is 52.9 Å². The SMILES string of the molecule is CN1CCN(CCCOc2c3c(nc4ccccc24)O[C@@H]2C[C@@H](C=O)N(C2)C(=O)[C@H](C2CCCC2)NC(=O)O[C@@H]2CCCC2CCCCC3)CC1. The molecule has 2 saturated heterocycles. The summed E-state index contributed by atoms with van der Waals surface area (Å²) >= 11 is 0. The number of fused-ring (bicyclic) bond motifs is 5. The Labute approximate surface area is 302 Å². The van der Waals surface area contributed by atoms with E-state index in [1.54, 1.807) is 4.90 Å². The molecule has 1 N–H and O–H groups in total. The molecule has 2 bridgehead atoms. The van der Waals surface area contributed by atoms with Crippen LogP contribution in [0.3, 0.4) is 0 Å². The van der Waals surface area contributed by atoms with E-state index in [-0.39, 0.29) is 24.5 Å². The first-order chi connectivity index (χ1) is 25.0. The number of nitrogens with zero attached hydrogens (tertiary/aromatic N) is 4. The zero-order valence-electron chi connectivity index (χ0n) is 30.4. The number of carbonyl (C=O) groups is 3. The highest BCUT2D eigenvalue weighted by Gasteiger charge is 2.43. The Balaban J connectivity index is 1.16. The highest BCUT2D eigenvalue weighted by Crippen LogP contribution is 2.39. The molecule has 2 aromatic rings. The lowest BCUT2D eigenvalue weighted by Gasteiger charge is -2.32. The van der Waals surface area contributed by atoms with Crippen molar-refractivity contribution >= 4 is 29.2 Å². The number of carbonyl (C=O) groups excluding carboxylic acids is 3. The van der Waals surface area contributed by atoms with Crippen LogP contribution in [0.2, 0.25) is 0 Å². The number of hydrogen-bond donors (Lipinski definition) is 1. The topological polar surface area (TPSA) is 114 Å². The maximum absolute atomic E-state index is 14.3. The molecule has 3 aliphatic heterocycles. The zero-order chi connectivity index (χ0) is 35.2. The number of para-hydroxylation sites is 1. The molecule has 1 aromatic carbocycles. The molecule has 5 aliphatic rings. The Hall–Kier alpha value is -3.44. The van der Waals surface area contributed by atoms with Gasteiger partial charge in [0.25, 0.3) is 0 Å². The number of amides is 2. The van der Waals surface area contributed by atoms with Gasteiger partial charge in [-0.25, -0.2) is 9.78 Å². The van der Waals surface area contributed by atoms with Crippen molar-refractivity contribution in [3.8, 4) is 11.6 Å². The van der Waals surface area contributed by atoms with Crippen molar-refractivity contribution in [1.29, 1.82) is 0 Å². The first-order valence-corrected chi connectivity index (χ1v) is 19.8. The van der Waals surface area contributed by atoms with Gasteiger partial charge in [0.2, 0.25) is 11.8 Å². The molecule has 51 heavy (non-hydrogen) atoms. The molecule has 2 amide bonds. The van der Waals surface area contributed by atoms with Gasteiger partial charge in [-0.3, -0.25) is 4.79 Å². The van der Waals surface area contributed by atoms with Crippen LogP contribution in [0.15, 0.2) is 24.3 Å². The van der Waals surface area contributed by atoms with Crippen LogP contribution in [0.25, 0.3) is 10.9 Å². The molecule has 4 heterocycles. The summed E-state index contributed by atoms with van der Waals surface area (Å²) in [5.41, 5.74) is 1.78. The molecule has 1 unspecified atom stereocenters. The number of alkyl carbamates (subject to hydrolysis) is 1. The number of nitrogens with one attached hydrogen (secondary N) is 1. The minimum absolute atomic E-state index is 0.0204. The van der Waals surface area contributed by atoms with E-state index >= 15 is 0 Å². The number of aromatic nitrogens is 1. The fraction of sp³-hybridized carbons (Fsp3) is 0.700. The van der Waals surface area contributed by atoms with Gasteiger partial charge >= 0.3 is 6.09 Å². The van der Waals surface area contributed by atoms with Crippen molar-refractivity contribution in [1.82, 2.24) is 25.0 Å². The average Bonchev–Trinajstić information content (AvgIpc) is 3.92. The van der Waals surface area contributed by atoms with Crippen LogP contribution in [-0.2, 0) is 20.7 Å². The van der Waals surface area contributed by atoms with Gasteiger partial charge in [0.05, 0.1) is 30.3 Å². The molecule has 7 rings (SSSR count). The second-order valence-electron chi connectivity index (χ2n) is 15.7. The van der Waals surface area contributed by atoms with Crippen molar-refractivity contribution in [3.63, 3.8) is 0 Å². The van der Waals surface area contributed by atoms with Gasteiger partial charge in [0.15, 0.2) is 0 Å². The summed E-state index contributed by atoms with van der Waals surface area (Å²) in [6.45, 7) is 6.22. The number of benzene rings is 1. The van der Waals surface area contributed by atoms with E-state index in [0.717, 1.165) is 145 Å². The summed E-state index contributed by atoms with van der Waals surface area (Å²) in [7, 11) is 2.18. The number of ether oxygens (including phenoxy) is 3. The Morgan fingerprint density at radius 1 is 0.922 bits per heavy atom. The molecule has 1 aromatic heterocycles. The molecule has 4 fully saturated rings. The lowest BCUT2D eigenvalue weighted by atomic mass is 9.96. The van der Waals surface area contributed by atoms with Crippen LogP contribution >= 0.6 is 0 Å². The lowest BCUT2D eigenvalue weighted by molar-refractivity contribution is -0.137. The Morgan fingerprint density at radius 3 is 2.51 bits per heavy atom. The van der Waals surface area contributed by atoms with Crippen LogP contribution in [0, 0.1) is 11.8 Å². The summed E-state index contributed by atoms with van der Waals surface area (Å²) < 4.78 is 19.5. The highest BCUT2D eigenvalue weighted by atomic mass is 16.6. The van der Waals surface area contributed by atoms with Gasteiger partial charge in [-0.1, -0.05) is 37.8 Å². The lowest BCUT2D eigenvalue weighted by Crippen LogP contribution is -2.54. The fourth-order valence-electron chi connectivity index (χ4n) is 9.19. The van der Waals surface area contributed by atoms with Crippen molar-refractivity contribution in [2.24, 2.45) is 11.8 Å². The van der Waals surface area contributed by atoms with Gasteiger partial charge < -0.3 is 39.0 Å². The van der Waals surface area contributed by atoms with E-state index in [9.17, 15) is 14.4 Å². The van der Waals surface area contributed by atoms with Gasteiger partial charge in [0.1, 0.15) is 30.3 Å². The predicted molar refractivity (Wildman–Crippen MR) is 195 cm³/mol. The summed E-state index contributed by atoms with van der Waals surface area (Å²) in [4.78, 5) is 51.6. The van der Waals surface area contributed by atoms with Crippen LogP contribution < -0.4 is 14.8 Å². The van der Waals surface area contributed by atoms with E-state index < -0.39 is 24.3 Å². The maximum Gasteiger partial charge on any atom is 0.408 e. The molecule has 0 spiro atoms. The third kappa shape index (κ3) is 8.62. The van der Waals surface area contributed by atoms with E-state index in [2.05, 4.69) is 28.2 Å². The highest BCUT2D eigenvalue weighted by molar-refractivity contribution is 5.89. The standard InChI is InChI=1S/C40H57N5O6/c1-43-20-22-44(23-21-43)19-10-24-49-37-32-15-7-8-17-34(32)41-38-33(37)16-4-2-3-11-28-14-9-18-35(28)51-40(48)42-36(29-12-5-6-13-29)39(47)45-26-31(50-38)25-30(45)27-46/h7-8,15,17,27-31,35-36H,2-6,9-14,16,18-26H2,1H3,(H,42,48)/t28?,30-,31+,35+,36-/m0/s1. The van der Waals surface area contributed by atoms with Gasteiger partial charge in [-0.15, -0.1) is 0 Å². The molecule has 2 saturated carbocycles. The maximum atomic E-state index is 14.3. The Bertz CT molecular complexity index is 1510. The number of hydrogen-bond acceptors (Lipinski definition) is 9. The third-order valence-electron chi connectivity index (χ3n) is 12.1. The molecule has 278 valence electrons. The zero-order valence-corrected chi connectivity index (χ0v) is 30.4. The van der Waals surface area contributed by atoms with E-state index in [1.165, 1.54) is 0 Å². The molecular weight excluding hydrogens is 646 g/mol. The third-order valence-corrected chi connectivity index (χ3v) is 12.1. The fourth-order valence-corrected chi connectivity index (χ4v) is 9.19. The Morgan fingerprint density at radius 2 is 1.69 bits per heavy atom. The van der Waals surface area contributed by atoms with Crippen molar-refractivity contribution in [3.05, 3.63) is 29.8 Å². The number of rotatable bonds is 7. The normalized spacial score (nSPS) is 29.0.